The van der Waals surface area contributed by atoms with E-state index in [2.05, 4.69) is 19.9 Å². The fraction of sp³-hybridized carbons (Fsp3) is 0.500. The van der Waals surface area contributed by atoms with Crippen molar-refractivity contribution in [3.8, 4) is 11.4 Å². The number of nitrogens with zero attached hydrogens (tertiary/aromatic N) is 3. The number of esters is 1. The van der Waals surface area contributed by atoms with Crippen molar-refractivity contribution in [2.24, 2.45) is 11.3 Å². The van der Waals surface area contributed by atoms with Crippen molar-refractivity contribution < 1.29 is 9.53 Å². The van der Waals surface area contributed by atoms with E-state index in [1.54, 1.807) is 13.1 Å². The molecule has 3 heterocycles. The van der Waals surface area contributed by atoms with Crippen molar-refractivity contribution in [1.29, 1.82) is 0 Å². The molecule has 4 rings (SSSR count). The zero-order valence-corrected chi connectivity index (χ0v) is 15.9. The number of anilines is 1. The van der Waals surface area contributed by atoms with Gasteiger partial charge in [0.05, 0.1) is 12.5 Å². The van der Waals surface area contributed by atoms with Gasteiger partial charge in [-0.15, -0.1) is 0 Å². The first-order valence-electron chi connectivity index (χ1n) is 9.32. The summed E-state index contributed by atoms with van der Waals surface area (Å²) >= 11 is 0. The second kappa shape index (κ2) is 6.48. The molecule has 1 saturated heterocycles. The molecular weight excluding hydrogens is 344 g/mol. The summed E-state index contributed by atoms with van der Waals surface area (Å²) < 4.78 is 5.10. The normalized spacial score (nSPS) is 24.1. The Balaban J connectivity index is 1.59. The zero-order chi connectivity index (χ0) is 19.2. The van der Waals surface area contributed by atoms with E-state index in [4.69, 9.17) is 4.74 Å². The number of nitrogens with one attached hydrogen (secondary N) is 1. The molecule has 7 heteroatoms. The van der Waals surface area contributed by atoms with Crippen LogP contribution in [0.15, 0.2) is 23.1 Å². The van der Waals surface area contributed by atoms with Crippen molar-refractivity contribution in [2.45, 2.75) is 33.1 Å². The molecular formula is C20H24N4O3. The summed E-state index contributed by atoms with van der Waals surface area (Å²) in [5, 5.41) is 0. The summed E-state index contributed by atoms with van der Waals surface area (Å²) in [6, 6.07) is 3.84. The second-order valence-corrected chi connectivity index (χ2v) is 7.65. The average Bonchev–Trinajstić information content (AvgIpc) is 3.23. The Kier molecular flexibility index (Phi) is 4.25. The number of aryl methyl sites for hydroxylation is 1. The first-order chi connectivity index (χ1) is 12.9. The number of methoxy groups -OCH3 is 1. The summed E-state index contributed by atoms with van der Waals surface area (Å²) in [5.74, 6) is 1.58. The van der Waals surface area contributed by atoms with Gasteiger partial charge in [-0.3, -0.25) is 9.59 Å². The average molecular weight is 368 g/mol. The second-order valence-electron chi connectivity index (χ2n) is 7.65. The third kappa shape index (κ3) is 2.81. The first-order valence-corrected chi connectivity index (χ1v) is 9.32. The van der Waals surface area contributed by atoms with Gasteiger partial charge in [-0.2, -0.15) is 0 Å². The van der Waals surface area contributed by atoms with Crippen LogP contribution in [0.1, 0.15) is 30.5 Å². The third-order valence-corrected chi connectivity index (χ3v) is 6.20. The maximum absolute atomic E-state index is 12.4. The lowest BCUT2D eigenvalue weighted by molar-refractivity contribution is -0.152. The fourth-order valence-corrected chi connectivity index (χ4v) is 4.50. The molecule has 1 aliphatic heterocycles. The van der Waals surface area contributed by atoms with E-state index in [-0.39, 0.29) is 11.5 Å². The van der Waals surface area contributed by atoms with Crippen LogP contribution in [0, 0.1) is 25.2 Å². The van der Waals surface area contributed by atoms with E-state index < -0.39 is 5.41 Å². The van der Waals surface area contributed by atoms with Crippen molar-refractivity contribution in [2.75, 3.05) is 25.1 Å². The van der Waals surface area contributed by atoms with Crippen LogP contribution in [-0.4, -0.2) is 41.1 Å². The molecule has 2 aliphatic rings. The van der Waals surface area contributed by atoms with E-state index in [0.717, 1.165) is 37.2 Å². The Hall–Kier alpha value is -2.70. The van der Waals surface area contributed by atoms with Crippen LogP contribution in [0.25, 0.3) is 11.4 Å². The first kappa shape index (κ1) is 17.7. The molecule has 2 aromatic rings. The molecule has 0 aromatic carbocycles. The highest BCUT2D eigenvalue weighted by Crippen LogP contribution is 2.50. The molecule has 1 saturated carbocycles. The highest BCUT2D eigenvalue weighted by Gasteiger charge is 2.55. The number of rotatable bonds is 3. The van der Waals surface area contributed by atoms with Gasteiger partial charge < -0.3 is 14.6 Å². The molecule has 142 valence electrons. The summed E-state index contributed by atoms with van der Waals surface area (Å²) in [7, 11) is 1.47. The number of aromatic amines is 1. The maximum Gasteiger partial charge on any atom is 0.313 e. The van der Waals surface area contributed by atoms with Crippen LogP contribution >= 0.6 is 0 Å². The molecule has 0 amide bonds. The van der Waals surface area contributed by atoms with Crippen LogP contribution in [0.5, 0.6) is 0 Å². The molecule has 0 spiro atoms. The van der Waals surface area contributed by atoms with Crippen LogP contribution in [0.3, 0.4) is 0 Å². The molecule has 2 unspecified atom stereocenters. The Bertz CT molecular complexity index is 937. The molecule has 2 aromatic heterocycles. The predicted octanol–water partition coefficient (Wildman–Crippen LogP) is 2.23. The number of ether oxygens (including phenoxy) is 1. The third-order valence-electron chi connectivity index (χ3n) is 6.20. The van der Waals surface area contributed by atoms with Gasteiger partial charge in [-0.05, 0) is 44.7 Å². The summed E-state index contributed by atoms with van der Waals surface area (Å²) in [5.41, 5.74) is 1.58. The van der Waals surface area contributed by atoms with Gasteiger partial charge in [-0.25, -0.2) is 9.97 Å². The lowest BCUT2D eigenvalue weighted by Crippen LogP contribution is -2.37. The predicted molar refractivity (Wildman–Crippen MR) is 102 cm³/mol. The molecule has 7 nitrogen and oxygen atoms in total. The number of hydrogen-bond donors (Lipinski definition) is 1. The summed E-state index contributed by atoms with van der Waals surface area (Å²) in [4.78, 5) is 38.4. The van der Waals surface area contributed by atoms with Gasteiger partial charge in [0.1, 0.15) is 11.6 Å². The summed E-state index contributed by atoms with van der Waals surface area (Å²) in [6.45, 7) is 5.05. The number of fused-ring (bicyclic) bond motifs is 1. The number of pyridine rings is 1. The standard InChI is InChI=1S/C20H24N4O3/c1-12-13(2)22-17(23-18(12)25)14-6-7-16(21-9-14)24-10-15-5-4-8-20(15,11-24)19(26)27-3/h6-7,9,15H,4-5,8,10-11H2,1-3H3,(H,22,23,25). The number of hydrogen-bond acceptors (Lipinski definition) is 6. The van der Waals surface area contributed by atoms with Gasteiger partial charge in [0, 0.05) is 36.1 Å². The van der Waals surface area contributed by atoms with Crippen molar-refractivity contribution in [1.82, 2.24) is 15.0 Å². The van der Waals surface area contributed by atoms with Crippen LogP contribution in [-0.2, 0) is 9.53 Å². The Morgan fingerprint density at radius 3 is 2.85 bits per heavy atom. The number of aromatic nitrogens is 3. The molecule has 2 atom stereocenters. The van der Waals surface area contributed by atoms with Crippen LogP contribution in [0.4, 0.5) is 5.82 Å². The zero-order valence-electron chi connectivity index (χ0n) is 15.9. The summed E-state index contributed by atoms with van der Waals surface area (Å²) in [6.07, 6.45) is 4.73. The fourth-order valence-electron chi connectivity index (χ4n) is 4.50. The molecule has 1 N–H and O–H groups in total. The van der Waals surface area contributed by atoms with Crippen molar-refractivity contribution in [3.05, 3.63) is 39.9 Å². The lowest BCUT2D eigenvalue weighted by atomic mass is 9.81. The van der Waals surface area contributed by atoms with E-state index in [9.17, 15) is 9.59 Å². The largest absolute Gasteiger partial charge is 0.469 e. The number of carbonyl (C=O) groups excluding carboxylic acids is 1. The van der Waals surface area contributed by atoms with Gasteiger partial charge in [0.2, 0.25) is 0 Å². The molecule has 1 aliphatic carbocycles. The molecule has 0 radical (unpaired) electrons. The minimum Gasteiger partial charge on any atom is -0.469 e. The highest BCUT2D eigenvalue weighted by molar-refractivity contribution is 5.79. The van der Waals surface area contributed by atoms with Gasteiger partial charge in [-0.1, -0.05) is 6.42 Å². The van der Waals surface area contributed by atoms with E-state index in [0.29, 0.717) is 29.5 Å². The number of H-pyrrole nitrogens is 1. The van der Waals surface area contributed by atoms with Crippen molar-refractivity contribution >= 4 is 11.8 Å². The van der Waals surface area contributed by atoms with E-state index in [1.165, 1.54) is 7.11 Å². The van der Waals surface area contributed by atoms with E-state index >= 15 is 0 Å². The number of carbonyl (C=O) groups is 1. The molecule has 0 bridgehead atoms. The monoisotopic (exact) mass is 368 g/mol. The van der Waals surface area contributed by atoms with E-state index in [1.807, 2.05) is 19.1 Å². The molecule has 2 fully saturated rings. The highest BCUT2D eigenvalue weighted by atomic mass is 16.5. The SMILES string of the molecule is COC(=O)C12CCCC1CN(c1ccc(-c3nc(C)c(C)c(=O)[nH]3)cn1)C2. The minimum atomic E-state index is -0.393. The Morgan fingerprint density at radius 1 is 1.37 bits per heavy atom. The maximum atomic E-state index is 12.4. The van der Waals surface area contributed by atoms with Gasteiger partial charge in [0.25, 0.3) is 5.56 Å². The van der Waals surface area contributed by atoms with Crippen molar-refractivity contribution in [3.63, 3.8) is 0 Å². The topological polar surface area (TPSA) is 88.2 Å². The Labute approximate surface area is 157 Å². The van der Waals surface area contributed by atoms with Crippen LogP contribution in [0.2, 0.25) is 0 Å². The van der Waals surface area contributed by atoms with Gasteiger partial charge >= 0.3 is 5.97 Å². The van der Waals surface area contributed by atoms with Gasteiger partial charge in [0.15, 0.2) is 0 Å². The quantitative estimate of drug-likeness (QED) is 0.836. The lowest BCUT2D eigenvalue weighted by Gasteiger charge is -2.25. The minimum absolute atomic E-state index is 0.0963. The van der Waals surface area contributed by atoms with Crippen LogP contribution < -0.4 is 10.5 Å². The molecule has 27 heavy (non-hydrogen) atoms. The smallest absolute Gasteiger partial charge is 0.313 e. The Morgan fingerprint density at radius 2 is 2.19 bits per heavy atom.